The molecule has 1 saturated heterocycles. The number of nitrogens with zero attached hydrogens (tertiary/aromatic N) is 3. The first kappa shape index (κ1) is 15.3. The maximum absolute atomic E-state index is 13.2. The number of carbonyl (C=O) groups is 1. The van der Waals surface area contributed by atoms with E-state index < -0.39 is 0 Å². The minimum absolute atomic E-state index is 0.0233. The van der Waals surface area contributed by atoms with Crippen LogP contribution in [0.15, 0.2) is 24.3 Å². The van der Waals surface area contributed by atoms with E-state index in [1.807, 2.05) is 11.8 Å². The Balaban J connectivity index is 1.73. The number of benzene rings is 1. The molecule has 6 heteroatoms. The van der Waals surface area contributed by atoms with Crippen LogP contribution in [-0.2, 0) is 17.6 Å². The number of hydrogen-bond acceptors (Lipinski definition) is 3. The number of ether oxygens (including phenoxy) is 1. The van der Waals surface area contributed by atoms with Gasteiger partial charge in [0.05, 0.1) is 24.9 Å². The number of hydrogen-bond donors (Lipinski definition) is 0. The summed E-state index contributed by atoms with van der Waals surface area (Å²) in [5.41, 5.74) is 3.46. The first-order valence-electron chi connectivity index (χ1n) is 8.40. The molecule has 0 N–H and O–H groups in total. The smallest absolute Gasteiger partial charge is 0.275 e. The minimum atomic E-state index is -0.277. The van der Waals surface area contributed by atoms with Gasteiger partial charge in [-0.1, -0.05) is 0 Å². The van der Waals surface area contributed by atoms with Gasteiger partial charge in [0.2, 0.25) is 0 Å². The molecule has 0 saturated carbocycles. The molecule has 1 aromatic heterocycles. The highest BCUT2D eigenvalue weighted by Gasteiger charge is 2.32. The maximum atomic E-state index is 13.2. The molecule has 0 bridgehead atoms. The highest BCUT2D eigenvalue weighted by atomic mass is 19.1. The lowest BCUT2D eigenvalue weighted by Crippen LogP contribution is -2.47. The Bertz CT molecular complexity index is 769. The number of aromatic nitrogens is 2. The molecule has 2 aromatic rings. The average Bonchev–Trinajstić information content (AvgIpc) is 3.18. The number of carbonyl (C=O) groups excluding carboxylic acids is 1. The van der Waals surface area contributed by atoms with Gasteiger partial charge in [0, 0.05) is 17.8 Å². The van der Waals surface area contributed by atoms with Crippen molar-refractivity contribution in [1.29, 1.82) is 0 Å². The lowest BCUT2D eigenvalue weighted by atomic mass is 10.1. The van der Waals surface area contributed by atoms with Crippen LogP contribution in [0.2, 0.25) is 0 Å². The van der Waals surface area contributed by atoms with Crippen LogP contribution >= 0.6 is 0 Å². The summed E-state index contributed by atoms with van der Waals surface area (Å²) in [6.45, 7) is 3.72. The van der Waals surface area contributed by atoms with Crippen molar-refractivity contribution in [3.05, 3.63) is 47.0 Å². The molecule has 1 atom stereocenters. The lowest BCUT2D eigenvalue weighted by molar-refractivity contribution is 0.00319. The van der Waals surface area contributed by atoms with Crippen molar-refractivity contribution >= 4 is 5.91 Å². The number of rotatable bonds is 2. The Morgan fingerprint density at radius 1 is 1.29 bits per heavy atom. The molecular weight excluding hydrogens is 309 g/mol. The summed E-state index contributed by atoms with van der Waals surface area (Å²) in [6.07, 6.45) is 2.79. The minimum Gasteiger partial charge on any atom is -0.377 e. The summed E-state index contributed by atoms with van der Waals surface area (Å²) in [7, 11) is 0. The van der Waals surface area contributed by atoms with Gasteiger partial charge < -0.3 is 9.64 Å². The Morgan fingerprint density at radius 2 is 2.08 bits per heavy atom. The Hall–Kier alpha value is -2.21. The van der Waals surface area contributed by atoms with Gasteiger partial charge in [-0.25, -0.2) is 9.07 Å². The summed E-state index contributed by atoms with van der Waals surface area (Å²) in [5, 5.41) is 4.60. The van der Waals surface area contributed by atoms with Crippen LogP contribution < -0.4 is 0 Å². The largest absolute Gasteiger partial charge is 0.377 e. The van der Waals surface area contributed by atoms with Crippen LogP contribution in [0.1, 0.15) is 35.1 Å². The van der Waals surface area contributed by atoms with Crippen LogP contribution in [0.3, 0.4) is 0 Å². The summed E-state index contributed by atoms with van der Waals surface area (Å²) >= 11 is 0. The molecule has 1 fully saturated rings. The molecule has 1 aliphatic carbocycles. The fourth-order valence-corrected chi connectivity index (χ4v) is 3.57. The van der Waals surface area contributed by atoms with Crippen molar-refractivity contribution in [2.75, 3.05) is 19.8 Å². The van der Waals surface area contributed by atoms with E-state index in [9.17, 15) is 9.18 Å². The molecule has 1 aliphatic heterocycles. The van der Waals surface area contributed by atoms with E-state index in [1.165, 1.54) is 12.1 Å². The summed E-state index contributed by atoms with van der Waals surface area (Å²) in [4.78, 5) is 14.8. The number of halogens is 1. The SMILES string of the molecule is CC1COCCN1C(=O)c1nn(-c2ccc(F)cc2)c2c1CCC2. The Labute approximate surface area is 140 Å². The second kappa shape index (κ2) is 6.02. The molecule has 1 amide bonds. The summed E-state index contributed by atoms with van der Waals surface area (Å²) in [5.74, 6) is -0.300. The standard InChI is InChI=1S/C18H20FN3O2/c1-12-11-24-10-9-21(12)18(23)17-15-3-2-4-16(15)22(20-17)14-7-5-13(19)6-8-14/h5-8,12H,2-4,9-11H2,1H3. The molecule has 0 spiro atoms. The van der Waals surface area contributed by atoms with E-state index in [-0.39, 0.29) is 17.8 Å². The highest BCUT2D eigenvalue weighted by molar-refractivity contribution is 5.94. The van der Waals surface area contributed by atoms with Crippen molar-refractivity contribution in [2.24, 2.45) is 0 Å². The summed E-state index contributed by atoms with van der Waals surface area (Å²) in [6, 6.07) is 6.30. The van der Waals surface area contributed by atoms with Crippen LogP contribution in [-0.4, -0.2) is 46.4 Å². The van der Waals surface area contributed by atoms with Crippen molar-refractivity contribution in [3.8, 4) is 5.69 Å². The zero-order valence-corrected chi connectivity index (χ0v) is 13.7. The van der Waals surface area contributed by atoms with Gasteiger partial charge in [0.15, 0.2) is 5.69 Å². The van der Waals surface area contributed by atoms with E-state index in [0.717, 1.165) is 36.2 Å². The van der Waals surface area contributed by atoms with E-state index in [1.54, 1.807) is 16.8 Å². The third-order valence-electron chi connectivity index (χ3n) is 4.83. The topological polar surface area (TPSA) is 47.4 Å². The molecule has 2 heterocycles. The number of fused-ring (bicyclic) bond motifs is 1. The first-order valence-corrected chi connectivity index (χ1v) is 8.40. The van der Waals surface area contributed by atoms with Crippen LogP contribution in [0.4, 0.5) is 4.39 Å². The molecule has 0 radical (unpaired) electrons. The van der Waals surface area contributed by atoms with Gasteiger partial charge in [0.25, 0.3) is 5.91 Å². The molecule has 126 valence electrons. The quantitative estimate of drug-likeness (QED) is 0.850. The maximum Gasteiger partial charge on any atom is 0.275 e. The van der Waals surface area contributed by atoms with Gasteiger partial charge in [-0.3, -0.25) is 4.79 Å². The van der Waals surface area contributed by atoms with Gasteiger partial charge in [-0.15, -0.1) is 0 Å². The van der Waals surface area contributed by atoms with Gasteiger partial charge in [-0.05, 0) is 50.5 Å². The third-order valence-corrected chi connectivity index (χ3v) is 4.83. The van der Waals surface area contributed by atoms with Gasteiger partial charge in [-0.2, -0.15) is 5.10 Å². The predicted molar refractivity (Wildman–Crippen MR) is 86.9 cm³/mol. The van der Waals surface area contributed by atoms with Crippen LogP contribution in [0, 0.1) is 5.82 Å². The lowest BCUT2D eigenvalue weighted by Gasteiger charge is -2.32. The molecule has 5 nitrogen and oxygen atoms in total. The molecule has 24 heavy (non-hydrogen) atoms. The zero-order valence-electron chi connectivity index (χ0n) is 13.7. The fraction of sp³-hybridized carbons (Fsp3) is 0.444. The average molecular weight is 329 g/mol. The molecule has 1 aromatic carbocycles. The third kappa shape index (κ3) is 2.51. The monoisotopic (exact) mass is 329 g/mol. The van der Waals surface area contributed by atoms with E-state index in [4.69, 9.17) is 4.74 Å². The van der Waals surface area contributed by atoms with Crippen molar-refractivity contribution in [3.63, 3.8) is 0 Å². The van der Waals surface area contributed by atoms with Crippen LogP contribution in [0.25, 0.3) is 5.69 Å². The van der Waals surface area contributed by atoms with Crippen molar-refractivity contribution in [2.45, 2.75) is 32.2 Å². The van der Waals surface area contributed by atoms with E-state index in [0.29, 0.717) is 25.5 Å². The van der Waals surface area contributed by atoms with Crippen LogP contribution in [0.5, 0.6) is 0 Å². The first-order chi connectivity index (χ1) is 11.6. The normalized spacial score (nSPS) is 20.2. The van der Waals surface area contributed by atoms with E-state index in [2.05, 4.69) is 5.10 Å². The zero-order chi connectivity index (χ0) is 16.7. The second-order valence-corrected chi connectivity index (χ2v) is 6.44. The Kier molecular flexibility index (Phi) is 3.84. The molecule has 2 aliphatic rings. The summed E-state index contributed by atoms with van der Waals surface area (Å²) < 4.78 is 20.4. The molecular formula is C18H20FN3O2. The second-order valence-electron chi connectivity index (χ2n) is 6.44. The highest BCUT2D eigenvalue weighted by Crippen LogP contribution is 2.29. The van der Waals surface area contributed by atoms with Crippen molar-refractivity contribution in [1.82, 2.24) is 14.7 Å². The molecule has 4 rings (SSSR count). The van der Waals surface area contributed by atoms with Crippen molar-refractivity contribution < 1.29 is 13.9 Å². The number of morpholine rings is 1. The van der Waals surface area contributed by atoms with Gasteiger partial charge in [0.1, 0.15) is 5.82 Å². The predicted octanol–water partition coefficient (Wildman–Crippen LogP) is 2.36. The Morgan fingerprint density at radius 3 is 2.83 bits per heavy atom. The van der Waals surface area contributed by atoms with E-state index >= 15 is 0 Å². The number of amides is 1. The molecule has 1 unspecified atom stereocenters. The van der Waals surface area contributed by atoms with Gasteiger partial charge >= 0.3 is 0 Å². The fourth-order valence-electron chi connectivity index (χ4n) is 3.57.